The number of amides is 2. The number of ether oxygens (including phenoxy) is 2. The molecule has 6 heteroatoms. The van der Waals surface area contributed by atoms with Crippen LogP contribution in [0.15, 0.2) is 84.6 Å². The summed E-state index contributed by atoms with van der Waals surface area (Å²) in [7, 11) is 1.51. The third-order valence-corrected chi connectivity index (χ3v) is 5.05. The van der Waals surface area contributed by atoms with Crippen molar-refractivity contribution in [3.05, 3.63) is 90.1 Å². The van der Waals surface area contributed by atoms with Gasteiger partial charge in [-0.05, 0) is 36.2 Å². The summed E-state index contributed by atoms with van der Waals surface area (Å²) in [5.41, 5.74) is 2.23. The molecule has 162 valence electrons. The number of benzene rings is 3. The summed E-state index contributed by atoms with van der Waals surface area (Å²) in [5, 5.41) is 3.17. The van der Waals surface area contributed by atoms with Gasteiger partial charge < -0.3 is 14.8 Å². The van der Waals surface area contributed by atoms with Gasteiger partial charge in [-0.25, -0.2) is 4.90 Å². The van der Waals surface area contributed by atoms with Crippen LogP contribution in [0.4, 0.5) is 11.4 Å². The highest BCUT2D eigenvalue weighted by atomic mass is 16.5. The monoisotopic (exact) mass is 428 g/mol. The third-order valence-electron chi connectivity index (χ3n) is 5.05. The first-order valence-electron chi connectivity index (χ1n) is 10.5. The molecule has 3 aromatic carbocycles. The van der Waals surface area contributed by atoms with E-state index in [9.17, 15) is 9.59 Å². The summed E-state index contributed by atoms with van der Waals surface area (Å²) in [6.45, 7) is 2.63. The number of nitrogens with one attached hydrogen (secondary N) is 1. The number of carbonyl (C=O) groups is 2. The highest BCUT2D eigenvalue weighted by molar-refractivity contribution is 6.46. The number of anilines is 2. The Kier molecular flexibility index (Phi) is 6.22. The predicted octanol–water partition coefficient (Wildman–Crippen LogP) is 4.88. The second-order valence-electron chi connectivity index (χ2n) is 7.23. The van der Waals surface area contributed by atoms with Crippen molar-refractivity contribution in [3.63, 3.8) is 0 Å². The van der Waals surface area contributed by atoms with E-state index in [4.69, 9.17) is 9.47 Å². The van der Waals surface area contributed by atoms with E-state index in [1.54, 1.807) is 24.3 Å². The van der Waals surface area contributed by atoms with Crippen molar-refractivity contribution in [3.8, 4) is 11.5 Å². The zero-order valence-corrected chi connectivity index (χ0v) is 18.0. The number of methoxy groups -OCH3 is 1. The molecule has 0 fully saturated rings. The molecule has 32 heavy (non-hydrogen) atoms. The zero-order chi connectivity index (χ0) is 22.5. The van der Waals surface area contributed by atoms with Crippen molar-refractivity contribution in [1.29, 1.82) is 0 Å². The van der Waals surface area contributed by atoms with E-state index in [1.807, 2.05) is 61.5 Å². The fourth-order valence-corrected chi connectivity index (χ4v) is 3.58. The number of para-hydroxylation sites is 2. The topological polar surface area (TPSA) is 67.9 Å². The van der Waals surface area contributed by atoms with Crippen LogP contribution in [0.1, 0.15) is 18.9 Å². The molecule has 0 saturated heterocycles. The van der Waals surface area contributed by atoms with E-state index in [2.05, 4.69) is 5.32 Å². The maximum Gasteiger partial charge on any atom is 0.282 e. The molecule has 0 atom stereocenters. The molecule has 1 N–H and O–H groups in total. The lowest BCUT2D eigenvalue weighted by Crippen LogP contribution is -2.32. The van der Waals surface area contributed by atoms with Crippen LogP contribution in [0.5, 0.6) is 11.5 Å². The maximum atomic E-state index is 13.5. The molecule has 0 unspecified atom stereocenters. The molecule has 0 spiro atoms. The van der Waals surface area contributed by atoms with Crippen molar-refractivity contribution >= 4 is 28.8 Å². The Balaban J connectivity index is 1.77. The number of rotatable bonds is 8. The van der Waals surface area contributed by atoms with Gasteiger partial charge in [-0.2, -0.15) is 0 Å². The Morgan fingerprint density at radius 3 is 2.38 bits per heavy atom. The summed E-state index contributed by atoms with van der Waals surface area (Å²) in [4.78, 5) is 28.2. The van der Waals surface area contributed by atoms with E-state index in [1.165, 1.54) is 7.11 Å². The summed E-state index contributed by atoms with van der Waals surface area (Å²) in [6, 6.07) is 23.5. The van der Waals surface area contributed by atoms with Gasteiger partial charge in [0.15, 0.2) is 0 Å². The average molecular weight is 428 g/mol. The molecule has 0 aliphatic carbocycles. The lowest BCUT2D eigenvalue weighted by molar-refractivity contribution is -0.120. The SMILES string of the molecule is CCCOc1cccc(NC2=C(c3ccccc3)C(=O)N(c3ccccc3OC)C2=O)c1. The number of hydrogen-bond donors (Lipinski definition) is 1. The third kappa shape index (κ3) is 4.07. The number of hydrogen-bond acceptors (Lipinski definition) is 5. The molecule has 4 rings (SSSR count). The molecular formula is C26H24N2O4. The van der Waals surface area contributed by atoms with Crippen molar-refractivity contribution in [2.24, 2.45) is 0 Å². The summed E-state index contributed by atoms with van der Waals surface area (Å²) in [6.07, 6.45) is 0.891. The molecule has 0 bridgehead atoms. The molecular weight excluding hydrogens is 404 g/mol. The molecule has 6 nitrogen and oxygen atoms in total. The molecule has 0 aromatic heterocycles. The van der Waals surface area contributed by atoms with E-state index in [0.29, 0.717) is 40.6 Å². The summed E-state index contributed by atoms with van der Waals surface area (Å²) < 4.78 is 11.1. The smallest absolute Gasteiger partial charge is 0.282 e. The predicted molar refractivity (Wildman–Crippen MR) is 125 cm³/mol. The quantitative estimate of drug-likeness (QED) is 0.518. The van der Waals surface area contributed by atoms with E-state index in [0.717, 1.165) is 11.3 Å². The molecule has 1 heterocycles. The first-order chi connectivity index (χ1) is 15.6. The number of carbonyl (C=O) groups excluding carboxylic acids is 2. The van der Waals surface area contributed by atoms with E-state index < -0.39 is 11.8 Å². The lowest BCUT2D eigenvalue weighted by atomic mass is 10.0. The highest BCUT2D eigenvalue weighted by Crippen LogP contribution is 2.37. The lowest BCUT2D eigenvalue weighted by Gasteiger charge is -2.18. The van der Waals surface area contributed by atoms with Crippen molar-refractivity contribution in [2.75, 3.05) is 23.9 Å². The fourth-order valence-electron chi connectivity index (χ4n) is 3.58. The van der Waals surface area contributed by atoms with Crippen molar-refractivity contribution in [2.45, 2.75) is 13.3 Å². The second kappa shape index (κ2) is 9.39. The van der Waals surface area contributed by atoms with Crippen LogP contribution in [0.25, 0.3) is 5.57 Å². The number of imide groups is 1. The van der Waals surface area contributed by atoms with Gasteiger partial charge in [0.1, 0.15) is 17.2 Å². The summed E-state index contributed by atoms with van der Waals surface area (Å²) in [5.74, 6) is 0.278. The van der Waals surface area contributed by atoms with Gasteiger partial charge in [-0.15, -0.1) is 0 Å². The minimum absolute atomic E-state index is 0.208. The normalized spacial score (nSPS) is 13.5. The Hall–Kier alpha value is -4.06. The summed E-state index contributed by atoms with van der Waals surface area (Å²) >= 11 is 0. The van der Waals surface area contributed by atoms with Gasteiger partial charge in [0.05, 0.1) is 25.0 Å². The van der Waals surface area contributed by atoms with Crippen LogP contribution < -0.4 is 19.7 Å². The molecule has 1 aliphatic rings. The van der Waals surface area contributed by atoms with Gasteiger partial charge in [-0.1, -0.05) is 55.5 Å². The van der Waals surface area contributed by atoms with Crippen LogP contribution in [0, 0.1) is 0 Å². The van der Waals surface area contributed by atoms with Crippen LogP contribution in [-0.2, 0) is 9.59 Å². The van der Waals surface area contributed by atoms with Gasteiger partial charge in [-0.3, -0.25) is 9.59 Å². The minimum atomic E-state index is -0.446. The van der Waals surface area contributed by atoms with Crippen molar-refractivity contribution < 1.29 is 19.1 Å². The molecule has 2 amide bonds. The maximum absolute atomic E-state index is 13.5. The Bertz CT molecular complexity index is 1170. The molecule has 0 saturated carbocycles. The van der Waals surface area contributed by atoms with Crippen LogP contribution >= 0.6 is 0 Å². The molecule has 1 aliphatic heterocycles. The average Bonchev–Trinajstić information content (AvgIpc) is 3.07. The highest BCUT2D eigenvalue weighted by Gasteiger charge is 2.41. The van der Waals surface area contributed by atoms with Gasteiger partial charge in [0.25, 0.3) is 11.8 Å². The van der Waals surface area contributed by atoms with Gasteiger partial charge >= 0.3 is 0 Å². The van der Waals surface area contributed by atoms with Crippen LogP contribution in [0.2, 0.25) is 0 Å². The van der Waals surface area contributed by atoms with E-state index in [-0.39, 0.29) is 5.70 Å². The first kappa shape index (κ1) is 21.2. The fraction of sp³-hybridized carbons (Fsp3) is 0.154. The van der Waals surface area contributed by atoms with Crippen LogP contribution in [0.3, 0.4) is 0 Å². The largest absolute Gasteiger partial charge is 0.495 e. The van der Waals surface area contributed by atoms with E-state index >= 15 is 0 Å². The number of nitrogens with zero attached hydrogens (tertiary/aromatic N) is 1. The van der Waals surface area contributed by atoms with Gasteiger partial charge in [0.2, 0.25) is 0 Å². The Morgan fingerprint density at radius 1 is 0.875 bits per heavy atom. The molecule has 3 aromatic rings. The van der Waals surface area contributed by atoms with Crippen molar-refractivity contribution in [1.82, 2.24) is 0 Å². The Morgan fingerprint density at radius 2 is 1.62 bits per heavy atom. The van der Waals surface area contributed by atoms with Gasteiger partial charge in [0, 0.05) is 11.8 Å². The second-order valence-corrected chi connectivity index (χ2v) is 7.23. The minimum Gasteiger partial charge on any atom is -0.495 e. The zero-order valence-electron chi connectivity index (χ0n) is 18.0. The van der Waals surface area contributed by atoms with Crippen LogP contribution in [-0.4, -0.2) is 25.5 Å². The Labute approximate surface area is 187 Å². The standard InChI is InChI=1S/C26H24N2O4/c1-3-16-32-20-13-9-12-19(17-20)27-24-23(18-10-5-4-6-11-18)25(29)28(26(24)30)21-14-7-8-15-22(21)31-2/h4-15,17,27H,3,16H2,1-2H3. The molecule has 0 radical (unpaired) electrons. The first-order valence-corrected chi connectivity index (χ1v) is 10.5.